The maximum absolute atomic E-state index is 13.0. The minimum atomic E-state index is -0.467. The first-order valence-electron chi connectivity index (χ1n) is 7.30. The first-order valence-corrected chi connectivity index (χ1v) is 7.68. The highest BCUT2D eigenvalue weighted by atomic mass is 35.5. The number of halogens is 3. The summed E-state index contributed by atoms with van der Waals surface area (Å²) in [6.45, 7) is 3.48. The lowest BCUT2D eigenvalue weighted by Gasteiger charge is -2.38. The van der Waals surface area contributed by atoms with Gasteiger partial charge < -0.3 is 15.1 Å². The van der Waals surface area contributed by atoms with Gasteiger partial charge in [-0.05, 0) is 18.2 Å². The molecule has 2 saturated heterocycles. The van der Waals surface area contributed by atoms with Crippen molar-refractivity contribution in [2.45, 2.75) is 0 Å². The van der Waals surface area contributed by atoms with Crippen molar-refractivity contribution in [3.8, 4) is 0 Å². The van der Waals surface area contributed by atoms with Gasteiger partial charge in [-0.3, -0.25) is 9.59 Å². The molecular weight excluding hydrogens is 344 g/mol. The van der Waals surface area contributed by atoms with Crippen LogP contribution in [0.3, 0.4) is 0 Å². The predicted octanol–water partition coefficient (Wildman–Crippen LogP) is 1.40. The Morgan fingerprint density at radius 1 is 1.13 bits per heavy atom. The predicted molar refractivity (Wildman–Crippen MR) is 87.5 cm³/mol. The fourth-order valence-corrected chi connectivity index (χ4v) is 2.93. The fourth-order valence-electron chi connectivity index (χ4n) is 2.68. The number of benzene rings is 1. The summed E-state index contributed by atoms with van der Waals surface area (Å²) in [6.07, 6.45) is 0. The fraction of sp³-hybridized carbons (Fsp3) is 0.467. The molecule has 1 aromatic rings. The summed E-state index contributed by atoms with van der Waals surface area (Å²) >= 11 is 5.93. The average molecular weight is 362 g/mol. The molecule has 2 fully saturated rings. The molecule has 23 heavy (non-hydrogen) atoms. The second-order valence-corrected chi connectivity index (χ2v) is 6.00. The van der Waals surface area contributed by atoms with Gasteiger partial charge in [0.05, 0.1) is 16.5 Å². The molecule has 2 aliphatic rings. The Morgan fingerprint density at radius 2 is 1.74 bits per heavy atom. The SMILES string of the molecule is Cl.O=C(c1ccc(F)cc1Cl)N1CCN(C(=O)C2CNC2)CC1. The molecule has 0 bridgehead atoms. The number of rotatable bonds is 2. The molecule has 0 aromatic heterocycles. The second-order valence-electron chi connectivity index (χ2n) is 5.60. The third-order valence-corrected chi connectivity index (χ3v) is 4.48. The van der Waals surface area contributed by atoms with Crippen LogP contribution < -0.4 is 5.32 Å². The third-order valence-electron chi connectivity index (χ3n) is 4.17. The smallest absolute Gasteiger partial charge is 0.255 e. The molecule has 3 rings (SSSR count). The standard InChI is InChI=1S/C15H17ClFN3O2.ClH/c16-13-7-11(17)1-2-12(13)15(22)20-5-3-19(4-6-20)14(21)10-8-18-9-10;/h1-2,7,10,18H,3-6,8-9H2;1H. The van der Waals surface area contributed by atoms with Crippen molar-refractivity contribution < 1.29 is 14.0 Å². The number of carbonyl (C=O) groups excluding carboxylic acids is 2. The molecule has 1 aromatic carbocycles. The summed E-state index contributed by atoms with van der Waals surface area (Å²) in [5.74, 6) is -0.451. The lowest BCUT2D eigenvalue weighted by Crippen LogP contribution is -2.57. The maximum Gasteiger partial charge on any atom is 0.255 e. The number of nitrogens with zero attached hydrogens (tertiary/aromatic N) is 2. The zero-order valence-electron chi connectivity index (χ0n) is 12.4. The van der Waals surface area contributed by atoms with Crippen LogP contribution in [0.4, 0.5) is 4.39 Å². The van der Waals surface area contributed by atoms with E-state index in [1.54, 1.807) is 4.90 Å². The summed E-state index contributed by atoms with van der Waals surface area (Å²) in [4.78, 5) is 28.0. The van der Waals surface area contributed by atoms with E-state index in [0.29, 0.717) is 31.7 Å². The molecule has 2 aliphatic heterocycles. The minimum Gasteiger partial charge on any atom is -0.339 e. The third kappa shape index (κ3) is 3.76. The van der Waals surface area contributed by atoms with Gasteiger partial charge in [0.15, 0.2) is 0 Å². The molecular formula is C15H18Cl2FN3O2. The van der Waals surface area contributed by atoms with Crippen molar-refractivity contribution in [3.63, 3.8) is 0 Å². The first kappa shape index (κ1) is 18.0. The van der Waals surface area contributed by atoms with Crippen LogP contribution in [0.5, 0.6) is 0 Å². The summed E-state index contributed by atoms with van der Waals surface area (Å²) in [5.41, 5.74) is 0.297. The van der Waals surface area contributed by atoms with Crippen LogP contribution in [0.1, 0.15) is 10.4 Å². The van der Waals surface area contributed by atoms with Crippen LogP contribution in [0, 0.1) is 11.7 Å². The Bertz CT molecular complexity index is 602. The molecule has 2 heterocycles. The van der Waals surface area contributed by atoms with Crippen molar-refractivity contribution in [3.05, 3.63) is 34.6 Å². The largest absolute Gasteiger partial charge is 0.339 e. The molecule has 0 spiro atoms. The van der Waals surface area contributed by atoms with Crippen LogP contribution in [-0.4, -0.2) is 60.9 Å². The number of hydrogen-bond acceptors (Lipinski definition) is 3. The van der Waals surface area contributed by atoms with E-state index in [0.717, 1.165) is 19.2 Å². The highest BCUT2D eigenvalue weighted by Crippen LogP contribution is 2.20. The van der Waals surface area contributed by atoms with Crippen molar-refractivity contribution in [2.24, 2.45) is 5.92 Å². The topological polar surface area (TPSA) is 52.7 Å². The van der Waals surface area contributed by atoms with Gasteiger partial charge in [-0.15, -0.1) is 12.4 Å². The van der Waals surface area contributed by atoms with E-state index in [4.69, 9.17) is 11.6 Å². The second kappa shape index (κ2) is 7.47. The van der Waals surface area contributed by atoms with E-state index in [1.165, 1.54) is 12.1 Å². The number of hydrogen-bond donors (Lipinski definition) is 1. The van der Waals surface area contributed by atoms with Gasteiger partial charge in [0, 0.05) is 39.3 Å². The lowest BCUT2D eigenvalue weighted by molar-refractivity contribution is -0.138. The van der Waals surface area contributed by atoms with Crippen LogP contribution in [0.25, 0.3) is 0 Å². The van der Waals surface area contributed by atoms with Crippen molar-refractivity contribution in [1.82, 2.24) is 15.1 Å². The summed E-state index contributed by atoms with van der Waals surface area (Å²) in [7, 11) is 0. The number of carbonyl (C=O) groups is 2. The van der Waals surface area contributed by atoms with Gasteiger partial charge in [0.25, 0.3) is 5.91 Å². The van der Waals surface area contributed by atoms with Crippen LogP contribution >= 0.6 is 24.0 Å². The van der Waals surface area contributed by atoms with Crippen LogP contribution in [-0.2, 0) is 4.79 Å². The Hall–Kier alpha value is -1.37. The lowest BCUT2D eigenvalue weighted by atomic mass is 10.0. The highest BCUT2D eigenvalue weighted by molar-refractivity contribution is 6.33. The van der Waals surface area contributed by atoms with E-state index in [2.05, 4.69) is 5.32 Å². The Labute approximate surface area is 145 Å². The normalized spacial score (nSPS) is 18.2. The Kier molecular flexibility index (Phi) is 5.84. The van der Waals surface area contributed by atoms with E-state index < -0.39 is 5.82 Å². The summed E-state index contributed by atoms with van der Waals surface area (Å²) < 4.78 is 13.0. The number of piperazine rings is 1. The maximum atomic E-state index is 13.0. The molecule has 0 unspecified atom stereocenters. The van der Waals surface area contributed by atoms with Gasteiger partial charge in [-0.1, -0.05) is 11.6 Å². The molecule has 0 saturated carbocycles. The average Bonchev–Trinajstić information content (AvgIpc) is 2.45. The molecule has 0 atom stereocenters. The minimum absolute atomic E-state index is 0. The van der Waals surface area contributed by atoms with Gasteiger partial charge >= 0.3 is 0 Å². The molecule has 0 aliphatic carbocycles. The summed E-state index contributed by atoms with van der Waals surface area (Å²) in [5, 5.41) is 3.20. The summed E-state index contributed by atoms with van der Waals surface area (Å²) in [6, 6.07) is 3.76. The van der Waals surface area contributed by atoms with E-state index in [1.807, 2.05) is 4.90 Å². The van der Waals surface area contributed by atoms with Gasteiger partial charge in [0.2, 0.25) is 5.91 Å². The van der Waals surface area contributed by atoms with Crippen LogP contribution in [0.15, 0.2) is 18.2 Å². The molecule has 1 N–H and O–H groups in total. The molecule has 5 nitrogen and oxygen atoms in total. The molecule has 2 amide bonds. The monoisotopic (exact) mass is 361 g/mol. The number of nitrogens with one attached hydrogen (secondary N) is 1. The Balaban J connectivity index is 0.00000192. The quantitative estimate of drug-likeness (QED) is 0.866. The van der Waals surface area contributed by atoms with Crippen molar-refractivity contribution in [1.29, 1.82) is 0 Å². The first-order chi connectivity index (χ1) is 10.6. The Morgan fingerprint density at radius 3 is 2.26 bits per heavy atom. The van der Waals surface area contributed by atoms with Crippen molar-refractivity contribution in [2.75, 3.05) is 39.3 Å². The van der Waals surface area contributed by atoms with E-state index >= 15 is 0 Å². The van der Waals surface area contributed by atoms with E-state index in [9.17, 15) is 14.0 Å². The molecule has 126 valence electrons. The van der Waals surface area contributed by atoms with Gasteiger partial charge in [0.1, 0.15) is 5.82 Å². The zero-order valence-corrected chi connectivity index (χ0v) is 14.0. The van der Waals surface area contributed by atoms with Gasteiger partial charge in [-0.25, -0.2) is 4.39 Å². The number of amides is 2. The van der Waals surface area contributed by atoms with Gasteiger partial charge in [-0.2, -0.15) is 0 Å². The van der Waals surface area contributed by atoms with Crippen LogP contribution in [0.2, 0.25) is 5.02 Å². The van der Waals surface area contributed by atoms with E-state index in [-0.39, 0.29) is 35.2 Å². The van der Waals surface area contributed by atoms with Crippen molar-refractivity contribution >= 4 is 35.8 Å². The highest BCUT2D eigenvalue weighted by Gasteiger charge is 2.32. The molecule has 8 heteroatoms. The zero-order chi connectivity index (χ0) is 15.7. The molecule has 0 radical (unpaired) electrons.